The van der Waals surface area contributed by atoms with Gasteiger partial charge in [-0.25, -0.2) is 14.6 Å². The van der Waals surface area contributed by atoms with E-state index < -0.39 is 18.0 Å². The van der Waals surface area contributed by atoms with Gasteiger partial charge < -0.3 is 14.2 Å². The Kier molecular flexibility index (Phi) is 8.19. The number of fused-ring (bicyclic) bond motifs is 1. The van der Waals surface area contributed by atoms with Crippen LogP contribution in [0.2, 0.25) is 5.02 Å². The normalized spacial score (nSPS) is 14.7. The molecule has 0 saturated heterocycles. The second kappa shape index (κ2) is 12.0. The van der Waals surface area contributed by atoms with E-state index in [1.165, 1.54) is 15.9 Å². The van der Waals surface area contributed by atoms with E-state index in [9.17, 15) is 14.4 Å². The van der Waals surface area contributed by atoms with Crippen LogP contribution in [-0.2, 0) is 9.53 Å². The van der Waals surface area contributed by atoms with Gasteiger partial charge in [-0.05, 0) is 79.6 Å². The van der Waals surface area contributed by atoms with E-state index in [0.29, 0.717) is 48.3 Å². The minimum absolute atomic E-state index is 0.193. The van der Waals surface area contributed by atoms with Crippen LogP contribution < -0.4 is 24.4 Å². The number of aromatic nitrogens is 1. The third kappa shape index (κ3) is 5.86. The zero-order valence-electron chi connectivity index (χ0n) is 22.4. The molecule has 0 saturated carbocycles. The summed E-state index contributed by atoms with van der Waals surface area (Å²) in [5, 5.41) is 0.540. The highest BCUT2D eigenvalue weighted by Gasteiger charge is 2.33. The van der Waals surface area contributed by atoms with Crippen molar-refractivity contribution in [2.45, 2.75) is 19.9 Å². The highest BCUT2D eigenvalue weighted by Crippen LogP contribution is 2.31. The zero-order valence-corrected chi connectivity index (χ0v) is 24.0. The quantitative estimate of drug-likeness (QED) is 0.230. The summed E-state index contributed by atoms with van der Waals surface area (Å²) in [6.45, 7) is 3.66. The lowest BCUT2D eigenvalue weighted by Crippen LogP contribution is -2.39. The molecule has 0 amide bonds. The van der Waals surface area contributed by atoms with Crippen LogP contribution in [-0.4, -0.2) is 30.2 Å². The maximum absolute atomic E-state index is 13.7. The standard InChI is InChI=1S/C31H25ClN2O6S/c1-4-39-30(37)26-18(2)33-31-34(27(26)20-7-11-22(32)12-8-20)28(35)25(41-31)17-19-5-13-24(14-6-19)40-29(36)21-9-15-23(38-3)16-10-21/h5-17,27H,4H2,1-3H3/b25-17-/t27-/m1/s1. The Labute approximate surface area is 244 Å². The molecule has 0 aliphatic carbocycles. The third-order valence-electron chi connectivity index (χ3n) is 6.42. The molecule has 1 aromatic heterocycles. The number of halogens is 1. The molecule has 10 heteroatoms. The van der Waals surface area contributed by atoms with Crippen molar-refractivity contribution in [3.63, 3.8) is 0 Å². The van der Waals surface area contributed by atoms with Crippen molar-refractivity contribution < 1.29 is 23.8 Å². The van der Waals surface area contributed by atoms with Gasteiger partial charge in [0.05, 0.1) is 41.1 Å². The predicted molar refractivity (Wildman–Crippen MR) is 156 cm³/mol. The molecule has 0 fully saturated rings. The van der Waals surface area contributed by atoms with Crippen molar-refractivity contribution in [2.75, 3.05) is 13.7 Å². The molecule has 1 aliphatic rings. The van der Waals surface area contributed by atoms with Gasteiger partial charge in [0, 0.05) is 5.02 Å². The molecule has 41 heavy (non-hydrogen) atoms. The molecule has 4 aromatic rings. The van der Waals surface area contributed by atoms with Crippen molar-refractivity contribution in [1.29, 1.82) is 0 Å². The molecule has 208 valence electrons. The van der Waals surface area contributed by atoms with E-state index in [-0.39, 0.29) is 12.2 Å². The minimum Gasteiger partial charge on any atom is -0.497 e. The second-order valence-electron chi connectivity index (χ2n) is 9.04. The first-order valence-electron chi connectivity index (χ1n) is 12.7. The van der Waals surface area contributed by atoms with Crippen LogP contribution in [0, 0.1) is 0 Å². The van der Waals surface area contributed by atoms with Gasteiger partial charge in [0.2, 0.25) is 0 Å². The number of nitrogens with zero attached hydrogens (tertiary/aromatic N) is 2. The Morgan fingerprint density at radius 3 is 2.27 bits per heavy atom. The van der Waals surface area contributed by atoms with Crippen LogP contribution in [0.5, 0.6) is 11.5 Å². The number of methoxy groups -OCH3 is 1. The second-order valence-corrected chi connectivity index (χ2v) is 10.5. The molecular formula is C31H25ClN2O6S. The van der Waals surface area contributed by atoms with Gasteiger partial charge in [0.25, 0.3) is 5.56 Å². The lowest BCUT2D eigenvalue weighted by Gasteiger charge is -2.24. The van der Waals surface area contributed by atoms with Gasteiger partial charge >= 0.3 is 11.9 Å². The number of carbonyl (C=O) groups excluding carboxylic acids is 2. The highest BCUT2D eigenvalue weighted by atomic mass is 35.5. The minimum atomic E-state index is -0.718. The Bertz CT molecular complexity index is 1820. The molecule has 8 nitrogen and oxygen atoms in total. The summed E-state index contributed by atoms with van der Waals surface area (Å²) in [7, 11) is 1.55. The molecule has 5 rings (SSSR count). The summed E-state index contributed by atoms with van der Waals surface area (Å²) in [4.78, 5) is 44.2. The lowest BCUT2D eigenvalue weighted by atomic mass is 9.96. The molecule has 3 aromatic carbocycles. The molecule has 0 radical (unpaired) electrons. The van der Waals surface area contributed by atoms with Crippen molar-refractivity contribution in [3.05, 3.63) is 125 Å². The first-order valence-corrected chi connectivity index (χ1v) is 13.9. The van der Waals surface area contributed by atoms with Crippen LogP contribution in [0.15, 0.2) is 93.9 Å². The predicted octanol–water partition coefficient (Wildman–Crippen LogP) is 4.68. The number of thiazole rings is 1. The average Bonchev–Trinajstić information content (AvgIpc) is 3.27. The highest BCUT2D eigenvalue weighted by molar-refractivity contribution is 7.07. The van der Waals surface area contributed by atoms with Crippen LogP contribution in [0.1, 0.15) is 41.4 Å². The van der Waals surface area contributed by atoms with E-state index in [4.69, 9.17) is 25.8 Å². The Hall–Kier alpha value is -4.47. The van der Waals surface area contributed by atoms with Crippen LogP contribution in [0.25, 0.3) is 6.08 Å². The fourth-order valence-corrected chi connectivity index (χ4v) is 5.60. The van der Waals surface area contributed by atoms with E-state index >= 15 is 0 Å². The number of allylic oxidation sites excluding steroid dienone is 1. The number of ether oxygens (including phenoxy) is 3. The van der Waals surface area contributed by atoms with Gasteiger partial charge in [-0.3, -0.25) is 9.36 Å². The van der Waals surface area contributed by atoms with Crippen molar-refractivity contribution >= 4 is 41.0 Å². The Balaban J connectivity index is 1.47. The molecule has 0 unspecified atom stereocenters. The first-order chi connectivity index (χ1) is 19.8. The van der Waals surface area contributed by atoms with E-state index in [0.717, 1.165) is 5.56 Å². The summed E-state index contributed by atoms with van der Waals surface area (Å²) in [6, 6.07) is 19.7. The molecule has 0 bridgehead atoms. The van der Waals surface area contributed by atoms with Gasteiger partial charge in [-0.2, -0.15) is 0 Å². The summed E-state index contributed by atoms with van der Waals surface area (Å²) in [6.07, 6.45) is 1.74. The fraction of sp³-hybridized carbons (Fsp3) is 0.161. The average molecular weight is 589 g/mol. The molecule has 1 aliphatic heterocycles. The fourth-order valence-electron chi connectivity index (χ4n) is 4.43. The van der Waals surface area contributed by atoms with Gasteiger partial charge in [0.15, 0.2) is 4.80 Å². The van der Waals surface area contributed by atoms with E-state index in [2.05, 4.69) is 4.99 Å². The number of hydrogen-bond donors (Lipinski definition) is 0. The smallest absolute Gasteiger partial charge is 0.343 e. The zero-order chi connectivity index (χ0) is 29.1. The number of rotatable bonds is 7. The van der Waals surface area contributed by atoms with E-state index in [1.807, 2.05) is 0 Å². The summed E-state index contributed by atoms with van der Waals surface area (Å²) >= 11 is 7.33. The monoisotopic (exact) mass is 588 g/mol. The number of hydrogen-bond acceptors (Lipinski definition) is 8. The van der Waals surface area contributed by atoms with Gasteiger partial charge in [0.1, 0.15) is 11.5 Å². The molecule has 1 atom stereocenters. The van der Waals surface area contributed by atoms with Crippen LogP contribution >= 0.6 is 22.9 Å². The summed E-state index contributed by atoms with van der Waals surface area (Å²) in [5.74, 6) is -0.0174. The van der Waals surface area contributed by atoms with Crippen molar-refractivity contribution in [3.8, 4) is 11.5 Å². The maximum atomic E-state index is 13.7. The van der Waals surface area contributed by atoms with E-state index in [1.54, 1.807) is 99.8 Å². The Morgan fingerprint density at radius 1 is 0.976 bits per heavy atom. The number of benzene rings is 3. The van der Waals surface area contributed by atoms with Gasteiger partial charge in [-0.15, -0.1) is 0 Å². The molecular weight excluding hydrogens is 564 g/mol. The number of esters is 2. The molecule has 2 heterocycles. The van der Waals surface area contributed by atoms with Crippen molar-refractivity contribution in [1.82, 2.24) is 4.57 Å². The van der Waals surface area contributed by atoms with Crippen LogP contribution in [0.3, 0.4) is 0 Å². The van der Waals surface area contributed by atoms with Crippen LogP contribution in [0.4, 0.5) is 0 Å². The first kappa shape index (κ1) is 28.1. The SMILES string of the molecule is CCOC(=O)C1=C(C)N=c2s/c(=C\c3ccc(OC(=O)c4ccc(OC)cc4)cc3)c(=O)n2[C@@H]1c1ccc(Cl)cc1. The summed E-state index contributed by atoms with van der Waals surface area (Å²) < 4.78 is 17.9. The maximum Gasteiger partial charge on any atom is 0.343 e. The molecule has 0 N–H and O–H groups in total. The van der Waals surface area contributed by atoms with Crippen molar-refractivity contribution in [2.24, 2.45) is 4.99 Å². The topological polar surface area (TPSA) is 96.2 Å². The molecule has 0 spiro atoms. The van der Waals surface area contributed by atoms with Gasteiger partial charge in [-0.1, -0.05) is 47.2 Å². The largest absolute Gasteiger partial charge is 0.497 e. The number of carbonyl (C=O) groups is 2. The lowest BCUT2D eigenvalue weighted by molar-refractivity contribution is -0.139. The third-order valence-corrected chi connectivity index (χ3v) is 7.65. The summed E-state index contributed by atoms with van der Waals surface area (Å²) in [5.41, 5.74) is 2.32. The Morgan fingerprint density at radius 2 is 1.63 bits per heavy atom.